The van der Waals surface area contributed by atoms with Gasteiger partial charge in [-0.1, -0.05) is 19.0 Å². The van der Waals surface area contributed by atoms with Gasteiger partial charge in [-0.2, -0.15) is 11.3 Å². The monoisotopic (exact) mass is 418 g/mol. The number of nitrogens with zero attached hydrogens (tertiary/aromatic N) is 5. The Morgan fingerprint density at radius 3 is 2.62 bits per heavy atom. The van der Waals surface area contributed by atoms with Gasteiger partial charge in [-0.15, -0.1) is 0 Å². The Morgan fingerprint density at radius 1 is 1.24 bits per heavy atom. The van der Waals surface area contributed by atoms with Crippen LogP contribution in [0, 0.1) is 0 Å². The topological polar surface area (TPSA) is 60.1 Å². The van der Waals surface area contributed by atoms with Gasteiger partial charge in [0.25, 0.3) is 0 Å². The van der Waals surface area contributed by atoms with E-state index in [1.54, 1.807) is 17.6 Å². The summed E-state index contributed by atoms with van der Waals surface area (Å²) in [7, 11) is 0. The summed E-state index contributed by atoms with van der Waals surface area (Å²) < 4.78 is 4.95. The Labute approximate surface area is 178 Å². The van der Waals surface area contributed by atoms with Crippen molar-refractivity contribution in [1.82, 2.24) is 25.2 Å². The molecule has 2 aromatic heterocycles. The van der Waals surface area contributed by atoms with Crippen LogP contribution in [0.4, 0.5) is 0 Å². The normalized spacial score (nSPS) is 17.1. The molecule has 1 atom stereocenters. The van der Waals surface area contributed by atoms with E-state index in [-0.39, 0.29) is 0 Å². The quantitative estimate of drug-likeness (QED) is 0.499. The molecule has 1 fully saturated rings. The first-order chi connectivity index (χ1) is 14.2. The van der Waals surface area contributed by atoms with Crippen LogP contribution < -0.4 is 5.32 Å². The van der Waals surface area contributed by atoms with Crippen molar-refractivity contribution in [2.75, 3.05) is 52.4 Å². The van der Waals surface area contributed by atoms with E-state index in [0.29, 0.717) is 6.04 Å². The standard InChI is InChI=1S/C21H34N6OS/c1-4-22-21(23-15-20(26(5-2)6-3)18-8-14-29-17-18)27-11-9-25(10-12-27)16-19-7-13-28-24-19/h7-8,13-14,17,20H,4-6,9-12,15-16H2,1-3H3,(H,22,23). The SMILES string of the molecule is CCNC(=NCC(c1ccsc1)N(CC)CC)N1CCN(Cc2ccon2)CC1. The molecular weight excluding hydrogens is 384 g/mol. The van der Waals surface area contributed by atoms with Gasteiger partial charge in [-0.05, 0) is 42.4 Å². The summed E-state index contributed by atoms with van der Waals surface area (Å²) in [5, 5.41) is 12.0. The molecule has 3 rings (SSSR count). The van der Waals surface area contributed by atoms with Crippen molar-refractivity contribution in [3.63, 3.8) is 0 Å². The fourth-order valence-electron chi connectivity index (χ4n) is 3.83. The summed E-state index contributed by atoms with van der Waals surface area (Å²) >= 11 is 1.76. The van der Waals surface area contributed by atoms with Crippen molar-refractivity contribution >= 4 is 17.3 Å². The molecule has 1 N–H and O–H groups in total. The third kappa shape index (κ3) is 6.04. The van der Waals surface area contributed by atoms with E-state index in [1.165, 1.54) is 5.56 Å². The fraction of sp³-hybridized carbons (Fsp3) is 0.619. The summed E-state index contributed by atoms with van der Waals surface area (Å²) in [6, 6.07) is 4.51. The van der Waals surface area contributed by atoms with Crippen molar-refractivity contribution in [1.29, 1.82) is 0 Å². The van der Waals surface area contributed by atoms with Crippen LogP contribution in [0.15, 0.2) is 38.7 Å². The van der Waals surface area contributed by atoms with Gasteiger partial charge in [0.15, 0.2) is 5.96 Å². The molecule has 0 amide bonds. The molecule has 0 aliphatic carbocycles. The number of thiophene rings is 1. The van der Waals surface area contributed by atoms with Crippen LogP contribution in [0.3, 0.4) is 0 Å². The first-order valence-corrected chi connectivity index (χ1v) is 11.6. The number of hydrogen-bond acceptors (Lipinski definition) is 6. The average molecular weight is 419 g/mol. The van der Waals surface area contributed by atoms with Gasteiger partial charge in [-0.3, -0.25) is 14.8 Å². The van der Waals surface area contributed by atoms with Crippen LogP contribution in [0.5, 0.6) is 0 Å². The van der Waals surface area contributed by atoms with Crippen molar-refractivity contribution < 1.29 is 4.52 Å². The predicted molar refractivity (Wildman–Crippen MR) is 119 cm³/mol. The highest BCUT2D eigenvalue weighted by Gasteiger charge is 2.22. The lowest BCUT2D eigenvalue weighted by atomic mass is 10.1. The molecule has 0 radical (unpaired) electrons. The van der Waals surface area contributed by atoms with Gasteiger partial charge >= 0.3 is 0 Å². The highest BCUT2D eigenvalue weighted by Crippen LogP contribution is 2.23. The molecule has 0 spiro atoms. The minimum Gasteiger partial charge on any atom is -0.364 e. The zero-order chi connectivity index (χ0) is 20.5. The number of nitrogens with one attached hydrogen (secondary N) is 1. The summed E-state index contributed by atoms with van der Waals surface area (Å²) in [4.78, 5) is 12.4. The third-order valence-corrected chi connectivity index (χ3v) is 6.18. The van der Waals surface area contributed by atoms with E-state index in [0.717, 1.165) is 70.6 Å². The van der Waals surface area contributed by atoms with Gasteiger partial charge in [0.05, 0.1) is 18.3 Å². The number of hydrogen-bond donors (Lipinski definition) is 1. The van der Waals surface area contributed by atoms with Crippen molar-refractivity contribution in [2.24, 2.45) is 4.99 Å². The molecule has 1 unspecified atom stereocenters. The molecule has 3 heterocycles. The average Bonchev–Trinajstić information content (AvgIpc) is 3.45. The zero-order valence-electron chi connectivity index (χ0n) is 17.9. The Balaban J connectivity index is 1.62. The fourth-order valence-corrected chi connectivity index (χ4v) is 4.53. The lowest BCUT2D eigenvalue weighted by Crippen LogP contribution is -2.52. The Morgan fingerprint density at radius 2 is 2.03 bits per heavy atom. The van der Waals surface area contributed by atoms with E-state index in [9.17, 15) is 0 Å². The molecule has 0 bridgehead atoms. The van der Waals surface area contributed by atoms with E-state index in [2.05, 4.69) is 62.8 Å². The van der Waals surface area contributed by atoms with Crippen molar-refractivity contribution in [3.05, 3.63) is 40.4 Å². The zero-order valence-corrected chi connectivity index (χ0v) is 18.7. The number of likely N-dealkylation sites (N-methyl/N-ethyl adjacent to an activating group) is 1. The molecule has 0 aromatic carbocycles. The Kier molecular flexibility index (Phi) is 8.52. The Hall–Kier alpha value is -1.90. The maximum Gasteiger partial charge on any atom is 0.194 e. The third-order valence-electron chi connectivity index (χ3n) is 5.48. The minimum absolute atomic E-state index is 0.332. The summed E-state index contributed by atoms with van der Waals surface area (Å²) in [6.07, 6.45) is 1.64. The molecule has 1 saturated heterocycles. The van der Waals surface area contributed by atoms with Gasteiger partial charge in [0.1, 0.15) is 6.26 Å². The second-order valence-electron chi connectivity index (χ2n) is 7.24. The number of aromatic nitrogens is 1. The highest BCUT2D eigenvalue weighted by atomic mass is 32.1. The van der Waals surface area contributed by atoms with Crippen molar-refractivity contribution in [3.8, 4) is 0 Å². The lowest BCUT2D eigenvalue weighted by Gasteiger charge is -2.36. The maximum atomic E-state index is 5.06. The molecule has 0 saturated carbocycles. The van der Waals surface area contributed by atoms with E-state index >= 15 is 0 Å². The van der Waals surface area contributed by atoms with Crippen LogP contribution in [0.2, 0.25) is 0 Å². The summed E-state index contributed by atoms with van der Waals surface area (Å²) in [6.45, 7) is 15.1. The van der Waals surface area contributed by atoms with E-state index < -0.39 is 0 Å². The lowest BCUT2D eigenvalue weighted by molar-refractivity contribution is 0.168. The Bertz CT molecular complexity index is 706. The van der Waals surface area contributed by atoms with Crippen LogP contribution in [-0.4, -0.2) is 78.2 Å². The highest BCUT2D eigenvalue weighted by molar-refractivity contribution is 7.07. The second kappa shape index (κ2) is 11.3. The van der Waals surface area contributed by atoms with E-state index in [1.807, 2.05) is 6.07 Å². The van der Waals surface area contributed by atoms with Gasteiger partial charge < -0.3 is 14.7 Å². The number of piperazine rings is 1. The molecule has 1 aliphatic heterocycles. The van der Waals surface area contributed by atoms with Gasteiger partial charge in [-0.25, -0.2) is 0 Å². The van der Waals surface area contributed by atoms with Crippen LogP contribution in [-0.2, 0) is 6.54 Å². The molecule has 2 aromatic rings. The smallest absolute Gasteiger partial charge is 0.194 e. The predicted octanol–water partition coefficient (Wildman–Crippen LogP) is 2.90. The number of aliphatic imine (C=N–C) groups is 1. The molecule has 29 heavy (non-hydrogen) atoms. The van der Waals surface area contributed by atoms with Crippen LogP contribution in [0.1, 0.15) is 38.1 Å². The van der Waals surface area contributed by atoms with E-state index in [4.69, 9.17) is 9.52 Å². The number of guanidine groups is 1. The summed E-state index contributed by atoms with van der Waals surface area (Å²) in [5.41, 5.74) is 2.37. The maximum absolute atomic E-state index is 5.06. The van der Waals surface area contributed by atoms with Crippen molar-refractivity contribution in [2.45, 2.75) is 33.4 Å². The molecule has 1 aliphatic rings. The number of rotatable bonds is 9. The minimum atomic E-state index is 0.332. The molecule has 7 nitrogen and oxygen atoms in total. The summed E-state index contributed by atoms with van der Waals surface area (Å²) in [5.74, 6) is 1.03. The van der Waals surface area contributed by atoms with Gasteiger partial charge in [0.2, 0.25) is 0 Å². The largest absolute Gasteiger partial charge is 0.364 e. The first kappa shape index (κ1) is 21.8. The second-order valence-corrected chi connectivity index (χ2v) is 8.02. The van der Waals surface area contributed by atoms with Crippen LogP contribution >= 0.6 is 11.3 Å². The molecule has 160 valence electrons. The van der Waals surface area contributed by atoms with Gasteiger partial charge in [0, 0.05) is 45.3 Å². The van der Waals surface area contributed by atoms with Crippen LogP contribution in [0.25, 0.3) is 0 Å². The first-order valence-electron chi connectivity index (χ1n) is 10.7. The molecule has 8 heteroatoms. The molecular formula is C21H34N6OS.